The lowest BCUT2D eigenvalue weighted by Crippen LogP contribution is -2.45. The van der Waals surface area contributed by atoms with Gasteiger partial charge in [-0.2, -0.15) is 0 Å². The summed E-state index contributed by atoms with van der Waals surface area (Å²) < 4.78 is 3.61. The second-order valence-electron chi connectivity index (χ2n) is 5.55. The van der Waals surface area contributed by atoms with Gasteiger partial charge in [0.25, 0.3) is 0 Å². The molecule has 0 radical (unpaired) electrons. The Morgan fingerprint density at radius 3 is 2.19 bits per heavy atom. The topological polar surface area (TPSA) is 45.6 Å². The zero-order chi connectivity index (χ0) is 20.0. The summed E-state index contributed by atoms with van der Waals surface area (Å²) in [5.41, 5.74) is 2.59. The fourth-order valence-electron chi connectivity index (χ4n) is 2.07. The summed E-state index contributed by atoms with van der Waals surface area (Å²) in [6.45, 7) is 1.99. The molecule has 0 saturated heterocycles. The van der Waals surface area contributed by atoms with Crippen molar-refractivity contribution in [1.29, 1.82) is 0 Å². The van der Waals surface area contributed by atoms with E-state index in [1.807, 2.05) is 31.2 Å². The van der Waals surface area contributed by atoms with Gasteiger partial charge in [-0.15, -0.1) is 0 Å². The largest absolute Gasteiger partial charge is 0.481 e. The van der Waals surface area contributed by atoms with E-state index in [0.29, 0.717) is 10.9 Å². The van der Waals surface area contributed by atoms with Crippen molar-refractivity contribution >= 4 is 75.3 Å². The molecule has 144 valence electrons. The van der Waals surface area contributed by atoms with Crippen LogP contribution in [-0.2, 0) is 4.74 Å². The van der Waals surface area contributed by atoms with Gasteiger partial charge in [0.1, 0.15) is 0 Å². The molecule has 0 spiro atoms. The highest BCUT2D eigenvalue weighted by Gasteiger charge is 2.34. The number of aryl methyl sites for hydroxylation is 1. The van der Waals surface area contributed by atoms with Crippen LogP contribution < -0.4 is 10.6 Å². The summed E-state index contributed by atoms with van der Waals surface area (Å²) in [4.78, 5) is 4.40. The van der Waals surface area contributed by atoms with Crippen LogP contribution in [0.4, 0.5) is 5.69 Å². The van der Waals surface area contributed by atoms with Crippen molar-refractivity contribution in [3.8, 4) is 0 Å². The Balaban J connectivity index is 2.19. The number of aliphatic imine (C=N–C) groups is 1. The van der Waals surface area contributed by atoms with Crippen LogP contribution in [0.2, 0.25) is 5.02 Å². The molecule has 0 bridgehead atoms. The van der Waals surface area contributed by atoms with Gasteiger partial charge in [0, 0.05) is 16.3 Å². The Morgan fingerprint density at radius 1 is 1.07 bits per heavy atom. The third-order valence-electron chi connectivity index (χ3n) is 3.42. The fourth-order valence-corrected chi connectivity index (χ4v) is 2.74. The van der Waals surface area contributed by atoms with E-state index >= 15 is 0 Å². The van der Waals surface area contributed by atoms with Crippen LogP contribution in [-0.4, -0.2) is 28.1 Å². The maximum absolute atomic E-state index is 6.08. The molecule has 0 fully saturated rings. The average Bonchev–Trinajstić information content (AvgIpc) is 2.60. The minimum absolute atomic E-state index is 0.233. The minimum atomic E-state index is -1.76. The number of benzene rings is 2. The van der Waals surface area contributed by atoms with Crippen LogP contribution in [0.3, 0.4) is 0 Å². The highest BCUT2D eigenvalue weighted by atomic mass is 35.6. The molecule has 2 aromatic carbocycles. The van der Waals surface area contributed by atoms with Crippen molar-refractivity contribution in [2.24, 2.45) is 4.99 Å². The number of alkyl halides is 3. The van der Waals surface area contributed by atoms with Gasteiger partial charge in [-0.25, -0.2) is 4.99 Å². The van der Waals surface area contributed by atoms with Gasteiger partial charge in [-0.1, -0.05) is 64.1 Å². The maximum atomic E-state index is 6.08. The quantitative estimate of drug-likeness (QED) is 0.262. The van der Waals surface area contributed by atoms with Gasteiger partial charge in [0.2, 0.25) is 9.69 Å². The molecule has 1 atom stereocenters. The molecule has 4 nitrogen and oxygen atoms in total. The fraction of sp³-hybridized carbons (Fsp3) is 0.222. The third-order valence-corrected chi connectivity index (χ3v) is 4.51. The predicted molar refractivity (Wildman–Crippen MR) is 120 cm³/mol. The highest BCUT2D eigenvalue weighted by Crippen LogP contribution is 2.31. The molecule has 9 heteroatoms. The zero-order valence-corrected chi connectivity index (χ0v) is 18.3. The Kier molecular flexibility index (Phi) is 8.01. The Hall–Kier alpha value is -1.24. The number of methoxy groups -OCH3 is 1. The summed E-state index contributed by atoms with van der Waals surface area (Å²) in [7, 11) is 1.50. The van der Waals surface area contributed by atoms with Crippen molar-refractivity contribution in [3.05, 3.63) is 64.7 Å². The first-order chi connectivity index (χ1) is 12.7. The first-order valence-corrected chi connectivity index (χ1v) is 9.69. The van der Waals surface area contributed by atoms with E-state index < -0.39 is 9.96 Å². The molecule has 0 aliphatic carbocycles. The van der Waals surface area contributed by atoms with Crippen molar-refractivity contribution in [3.63, 3.8) is 0 Å². The summed E-state index contributed by atoms with van der Waals surface area (Å²) in [6.07, 6.45) is -0.981. The maximum Gasteiger partial charge on any atom is 0.230 e. The number of hydrogen-bond acceptors (Lipinski definition) is 3. The predicted octanol–water partition coefficient (Wildman–Crippen LogP) is 5.72. The van der Waals surface area contributed by atoms with Gasteiger partial charge in [-0.3, -0.25) is 0 Å². The van der Waals surface area contributed by atoms with Gasteiger partial charge in [-0.05, 0) is 55.5 Å². The molecular formula is C18H17Cl4N3OS. The number of nitrogens with zero attached hydrogens (tertiary/aromatic N) is 1. The first kappa shape index (κ1) is 22.1. The molecule has 0 aliphatic rings. The Morgan fingerprint density at radius 2 is 1.67 bits per heavy atom. The monoisotopic (exact) mass is 463 g/mol. The Labute approximate surface area is 183 Å². The molecule has 2 aromatic rings. The average molecular weight is 465 g/mol. The Bertz CT molecular complexity index is 805. The molecule has 0 amide bonds. The summed E-state index contributed by atoms with van der Waals surface area (Å²) in [5, 5.41) is 6.73. The van der Waals surface area contributed by atoms with Crippen LogP contribution in [0.5, 0.6) is 0 Å². The summed E-state index contributed by atoms with van der Waals surface area (Å²) in [6, 6.07) is 14.6. The number of nitrogens with one attached hydrogen (secondary N) is 2. The van der Waals surface area contributed by atoms with Crippen LogP contribution in [0.1, 0.15) is 11.1 Å². The lowest BCUT2D eigenvalue weighted by atomic mass is 10.1. The van der Waals surface area contributed by atoms with Crippen molar-refractivity contribution < 1.29 is 4.74 Å². The molecule has 2 rings (SSSR count). The second kappa shape index (κ2) is 9.80. The third kappa shape index (κ3) is 7.01. The number of hydrogen-bond donors (Lipinski definition) is 2. The number of anilines is 1. The SMILES string of the molecule is COC(=NC(NC(=S)Nc1ccc(Cl)cc1)C(Cl)(Cl)Cl)c1ccc(C)cc1. The minimum Gasteiger partial charge on any atom is -0.481 e. The molecule has 0 aliphatic heterocycles. The van der Waals surface area contributed by atoms with E-state index in [9.17, 15) is 0 Å². The molecule has 0 aromatic heterocycles. The van der Waals surface area contributed by atoms with Crippen molar-refractivity contribution in [1.82, 2.24) is 5.32 Å². The van der Waals surface area contributed by atoms with E-state index in [4.69, 9.17) is 63.4 Å². The van der Waals surface area contributed by atoms with E-state index in [-0.39, 0.29) is 5.11 Å². The van der Waals surface area contributed by atoms with Gasteiger partial charge < -0.3 is 15.4 Å². The number of ether oxygens (including phenoxy) is 1. The number of halogens is 4. The molecule has 2 N–H and O–H groups in total. The molecule has 27 heavy (non-hydrogen) atoms. The highest BCUT2D eigenvalue weighted by molar-refractivity contribution is 7.80. The lowest BCUT2D eigenvalue weighted by Gasteiger charge is -2.24. The zero-order valence-electron chi connectivity index (χ0n) is 14.5. The van der Waals surface area contributed by atoms with E-state index in [0.717, 1.165) is 16.8 Å². The van der Waals surface area contributed by atoms with Crippen LogP contribution in [0, 0.1) is 6.92 Å². The lowest BCUT2D eigenvalue weighted by molar-refractivity contribution is 0.397. The summed E-state index contributed by atoms with van der Waals surface area (Å²) >= 11 is 29.4. The van der Waals surface area contributed by atoms with Crippen molar-refractivity contribution in [2.75, 3.05) is 12.4 Å². The molecule has 0 heterocycles. The molecular weight excluding hydrogens is 448 g/mol. The van der Waals surface area contributed by atoms with Gasteiger partial charge in [0.05, 0.1) is 7.11 Å². The van der Waals surface area contributed by atoms with E-state index in [1.165, 1.54) is 7.11 Å². The second-order valence-corrected chi connectivity index (χ2v) is 8.77. The van der Waals surface area contributed by atoms with Crippen LogP contribution in [0.15, 0.2) is 53.5 Å². The van der Waals surface area contributed by atoms with Crippen LogP contribution >= 0.6 is 58.6 Å². The van der Waals surface area contributed by atoms with Crippen LogP contribution in [0.25, 0.3) is 0 Å². The molecule has 0 saturated carbocycles. The van der Waals surface area contributed by atoms with Crippen molar-refractivity contribution in [2.45, 2.75) is 16.9 Å². The molecule has 1 unspecified atom stereocenters. The van der Waals surface area contributed by atoms with E-state index in [1.54, 1.807) is 24.3 Å². The number of rotatable bonds is 4. The standard InChI is InChI=1S/C18H17Cl4N3OS/c1-11-3-5-12(6-4-11)15(26-2)24-16(18(20,21)22)25-17(27)23-14-9-7-13(19)8-10-14/h3-10,16H,1-2H3,(H2,23,25,27). The summed E-state index contributed by atoms with van der Waals surface area (Å²) in [5.74, 6) is 0.313. The number of thiocarbonyl (C=S) groups is 1. The van der Waals surface area contributed by atoms with Gasteiger partial charge >= 0.3 is 0 Å². The van der Waals surface area contributed by atoms with E-state index in [2.05, 4.69) is 15.6 Å². The first-order valence-electron chi connectivity index (χ1n) is 7.77. The normalized spacial score (nSPS) is 13.0. The smallest absolute Gasteiger partial charge is 0.230 e. The van der Waals surface area contributed by atoms with Gasteiger partial charge in [0.15, 0.2) is 11.3 Å².